The first kappa shape index (κ1) is 14.2. The van der Waals surface area contributed by atoms with Crippen molar-refractivity contribution in [2.45, 2.75) is 18.3 Å². The van der Waals surface area contributed by atoms with Crippen LogP contribution in [0.1, 0.15) is 29.5 Å². The minimum absolute atomic E-state index is 0.0917. The predicted molar refractivity (Wildman–Crippen MR) is 93.7 cm³/mol. The van der Waals surface area contributed by atoms with E-state index in [0.29, 0.717) is 11.8 Å². The van der Waals surface area contributed by atoms with E-state index >= 15 is 0 Å². The van der Waals surface area contributed by atoms with Crippen molar-refractivity contribution in [3.05, 3.63) is 68.8 Å². The molecule has 0 saturated heterocycles. The van der Waals surface area contributed by atoms with Gasteiger partial charge in [0.25, 0.3) is 5.56 Å². The maximum atomic E-state index is 11.9. The van der Waals surface area contributed by atoms with Gasteiger partial charge in [0, 0.05) is 19.0 Å². The fourth-order valence-electron chi connectivity index (χ4n) is 3.01. The standard InChI is InChI=1S/C18H17N3OS/c1-21-17(22)9-16(20-18(21)19)15-8-14(15)12-4-2-11(3-5-12)13-6-7-23-10-13/h2-7,9-10,14-15H,8H2,1H3,(H2,19,20)/t14-,15-/m0/s1. The molecule has 0 spiro atoms. The quantitative estimate of drug-likeness (QED) is 0.804. The van der Waals surface area contributed by atoms with Gasteiger partial charge < -0.3 is 5.73 Å². The molecule has 1 aromatic carbocycles. The summed E-state index contributed by atoms with van der Waals surface area (Å²) in [6.07, 6.45) is 1.03. The molecule has 23 heavy (non-hydrogen) atoms. The first-order valence-corrected chi connectivity index (χ1v) is 8.54. The molecule has 0 bridgehead atoms. The Kier molecular flexibility index (Phi) is 3.31. The summed E-state index contributed by atoms with van der Waals surface area (Å²) in [4.78, 5) is 16.2. The Hall–Kier alpha value is -2.40. The molecule has 1 aliphatic rings. The zero-order valence-electron chi connectivity index (χ0n) is 12.8. The first-order valence-electron chi connectivity index (χ1n) is 7.59. The van der Waals surface area contributed by atoms with Crippen molar-refractivity contribution in [2.24, 2.45) is 7.05 Å². The van der Waals surface area contributed by atoms with Gasteiger partial charge in [-0.05, 0) is 45.9 Å². The molecule has 1 saturated carbocycles. The molecule has 3 aromatic rings. The SMILES string of the molecule is Cn1c(N)nc([C@H]2C[C@H]2c2ccc(-c3ccsc3)cc2)cc1=O. The van der Waals surface area contributed by atoms with Crippen LogP contribution in [0.5, 0.6) is 0 Å². The molecule has 0 aliphatic heterocycles. The average molecular weight is 323 g/mol. The Morgan fingerprint density at radius 1 is 1.17 bits per heavy atom. The van der Waals surface area contributed by atoms with Crippen LogP contribution in [0.25, 0.3) is 11.1 Å². The predicted octanol–water partition coefficient (Wildman–Crippen LogP) is 3.36. The zero-order chi connectivity index (χ0) is 16.0. The van der Waals surface area contributed by atoms with Crippen molar-refractivity contribution in [1.29, 1.82) is 0 Å². The molecule has 0 amide bonds. The van der Waals surface area contributed by atoms with E-state index in [2.05, 4.69) is 46.1 Å². The van der Waals surface area contributed by atoms with Crippen LogP contribution in [0.2, 0.25) is 0 Å². The molecule has 2 N–H and O–H groups in total. The molecule has 5 heteroatoms. The topological polar surface area (TPSA) is 60.9 Å². The van der Waals surface area contributed by atoms with Crippen LogP contribution in [0.3, 0.4) is 0 Å². The number of nitrogens with zero attached hydrogens (tertiary/aromatic N) is 2. The smallest absolute Gasteiger partial charge is 0.254 e. The van der Waals surface area contributed by atoms with Gasteiger partial charge in [0.15, 0.2) is 0 Å². The van der Waals surface area contributed by atoms with E-state index in [-0.39, 0.29) is 11.5 Å². The van der Waals surface area contributed by atoms with Crippen molar-refractivity contribution < 1.29 is 0 Å². The van der Waals surface area contributed by atoms with Gasteiger partial charge in [-0.3, -0.25) is 9.36 Å². The van der Waals surface area contributed by atoms with Crippen LogP contribution >= 0.6 is 11.3 Å². The molecule has 4 nitrogen and oxygen atoms in total. The molecule has 4 rings (SSSR count). The number of aromatic nitrogens is 2. The molecule has 2 aromatic heterocycles. The van der Waals surface area contributed by atoms with E-state index in [0.717, 1.165) is 12.1 Å². The molecule has 0 unspecified atom stereocenters. The number of thiophene rings is 1. The van der Waals surface area contributed by atoms with Crippen molar-refractivity contribution >= 4 is 17.3 Å². The summed E-state index contributed by atoms with van der Waals surface area (Å²) >= 11 is 1.71. The lowest BCUT2D eigenvalue weighted by Gasteiger charge is -2.06. The summed E-state index contributed by atoms with van der Waals surface area (Å²) in [5.41, 5.74) is 10.3. The van der Waals surface area contributed by atoms with Crippen molar-refractivity contribution in [3.8, 4) is 11.1 Å². The lowest BCUT2D eigenvalue weighted by atomic mass is 10.0. The third-order valence-corrected chi connectivity index (χ3v) is 5.24. The minimum atomic E-state index is -0.0917. The third kappa shape index (κ3) is 2.57. The van der Waals surface area contributed by atoms with Gasteiger partial charge in [0.1, 0.15) is 0 Å². The Balaban J connectivity index is 1.56. The largest absolute Gasteiger partial charge is 0.369 e. The molecule has 2 heterocycles. The Labute approximate surface area is 138 Å². The van der Waals surface area contributed by atoms with E-state index in [1.165, 1.54) is 21.3 Å². The Morgan fingerprint density at radius 2 is 1.96 bits per heavy atom. The van der Waals surface area contributed by atoms with Crippen molar-refractivity contribution in [2.75, 3.05) is 5.73 Å². The molecular weight excluding hydrogens is 306 g/mol. The third-order valence-electron chi connectivity index (χ3n) is 4.55. The second-order valence-electron chi connectivity index (χ2n) is 6.02. The van der Waals surface area contributed by atoms with Gasteiger partial charge in [-0.1, -0.05) is 24.3 Å². The Morgan fingerprint density at radius 3 is 2.61 bits per heavy atom. The van der Waals surface area contributed by atoms with Gasteiger partial charge in [-0.25, -0.2) is 4.98 Å². The normalized spacial score (nSPS) is 19.7. The molecule has 2 atom stereocenters. The minimum Gasteiger partial charge on any atom is -0.369 e. The maximum absolute atomic E-state index is 11.9. The van der Waals surface area contributed by atoms with Crippen LogP contribution in [-0.2, 0) is 7.05 Å². The van der Waals surface area contributed by atoms with Gasteiger partial charge in [-0.15, -0.1) is 0 Å². The monoisotopic (exact) mass is 323 g/mol. The fourth-order valence-corrected chi connectivity index (χ4v) is 3.67. The molecule has 0 radical (unpaired) electrons. The van der Waals surface area contributed by atoms with Gasteiger partial charge in [0.05, 0.1) is 5.69 Å². The van der Waals surface area contributed by atoms with Crippen LogP contribution in [0.4, 0.5) is 5.95 Å². The average Bonchev–Trinajstić information content (AvgIpc) is 3.17. The highest BCUT2D eigenvalue weighted by Crippen LogP contribution is 2.54. The molecule has 116 valence electrons. The van der Waals surface area contributed by atoms with E-state index in [9.17, 15) is 4.79 Å². The molecular formula is C18H17N3OS. The second kappa shape index (κ2) is 5.35. The number of nitrogen functional groups attached to an aromatic ring is 1. The van der Waals surface area contributed by atoms with E-state index < -0.39 is 0 Å². The van der Waals surface area contributed by atoms with Crippen molar-refractivity contribution in [3.63, 3.8) is 0 Å². The van der Waals surface area contributed by atoms with Gasteiger partial charge in [0.2, 0.25) is 5.95 Å². The highest BCUT2D eigenvalue weighted by Gasteiger charge is 2.41. The van der Waals surface area contributed by atoms with Crippen LogP contribution < -0.4 is 11.3 Å². The van der Waals surface area contributed by atoms with E-state index in [1.54, 1.807) is 24.5 Å². The summed E-state index contributed by atoms with van der Waals surface area (Å²) in [7, 11) is 1.64. The van der Waals surface area contributed by atoms with E-state index in [1.807, 2.05) is 0 Å². The van der Waals surface area contributed by atoms with Crippen LogP contribution in [0.15, 0.2) is 52.0 Å². The fraction of sp³-hybridized carbons (Fsp3) is 0.222. The zero-order valence-corrected chi connectivity index (χ0v) is 13.6. The molecule has 1 fully saturated rings. The van der Waals surface area contributed by atoms with Gasteiger partial charge >= 0.3 is 0 Å². The number of anilines is 1. The van der Waals surface area contributed by atoms with Crippen molar-refractivity contribution in [1.82, 2.24) is 9.55 Å². The molecule has 1 aliphatic carbocycles. The highest BCUT2D eigenvalue weighted by atomic mass is 32.1. The second-order valence-corrected chi connectivity index (χ2v) is 6.80. The summed E-state index contributed by atoms with van der Waals surface area (Å²) in [5, 5.41) is 4.24. The number of hydrogen-bond acceptors (Lipinski definition) is 4. The maximum Gasteiger partial charge on any atom is 0.254 e. The summed E-state index contributed by atoms with van der Waals surface area (Å²) in [5.74, 6) is 1.02. The van der Waals surface area contributed by atoms with Crippen LogP contribution in [-0.4, -0.2) is 9.55 Å². The highest BCUT2D eigenvalue weighted by molar-refractivity contribution is 7.08. The Bertz CT molecular complexity index is 897. The van der Waals surface area contributed by atoms with E-state index in [4.69, 9.17) is 5.73 Å². The number of benzene rings is 1. The van der Waals surface area contributed by atoms with Crippen LogP contribution in [0, 0.1) is 0 Å². The summed E-state index contributed by atoms with van der Waals surface area (Å²) in [6, 6.07) is 12.4. The number of rotatable bonds is 3. The first-order chi connectivity index (χ1) is 11.1. The number of hydrogen-bond donors (Lipinski definition) is 1. The lowest BCUT2D eigenvalue weighted by molar-refractivity contribution is 0.813. The lowest BCUT2D eigenvalue weighted by Crippen LogP contribution is -2.21. The summed E-state index contributed by atoms with van der Waals surface area (Å²) in [6.45, 7) is 0. The number of nitrogens with two attached hydrogens (primary N) is 1. The summed E-state index contributed by atoms with van der Waals surface area (Å²) < 4.78 is 1.37. The van der Waals surface area contributed by atoms with Gasteiger partial charge in [-0.2, -0.15) is 11.3 Å².